The Morgan fingerprint density at radius 3 is 2.42 bits per heavy atom. The van der Waals surface area contributed by atoms with E-state index in [0.29, 0.717) is 11.6 Å². The normalized spacial score (nSPS) is 12.2. The molecule has 5 heteroatoms. The van der Waals surface area contributed by atoms with Gasteiger partial charge in [-0.1, -0.05) is 30.3 Å². The van der Waals surface area contributed by atoms with Crippen molar-refractivity contribution in [2.24, 2.45) is 5.84 Å². The molecule has 1 aromatic carbocycles. The molecular weight excluding hydrogens is 240 g/mol. The van der Waals surface area contributed by atoms with E-state index in [-0.39, 0.29) is 6.10 Å². The van der Waals surface area contributed by atoms with Crippen LogP contribution in [0.1, 0.15) is 28.7 Å². The molecule has 0 fully saturated rings. The Labute approximate surface area is 112 Å². The largest absolute Gasteiger partial charge is 0.369 e. The number of rotatable bonds is 4. The molecule has 0 aliphatic heterocycles. The van der Waals surface area contributed by atoms with E-state index in [9.17, 15) is 0 Å². The molecule has 1 unspecified atom stereocenters. The van der Waals surface area contributed by atoms with Crippen molar-refractivity contribution in [1.29, 1.82) is 0 Å². The molecule has 0 spiro atoms. The van der Waals surface area contributed by atoms with Gasteiger partial charge in [0.15, 0.2) is 5.82 Å². The summed E-state index contributed by atoms with van der Waals surface area (Å²) >= 11 is 0. The minimum atomic E-state index is -0.299. The van der Waals surface area contributed by atoms with Crippen molar-refractivity contribution in [2.45, 2.75) is 20.0 Å². The highest BCUT2D eigenvalue weighted by Gasteiger charge is 2.18. The van der Waals surface area contributed by atoms with Crippen LogP contribution in [-0.4, -0.2) is 17.1 Å². The topological polar surface area (TPSA) is 73.1 Å². The van der Waals surface area contributed by atoms with Gasteiger partial charge in [0.1, 0.15) is 11.9 Å². The van der Waals surface area contributed by atoms with E-state index < -0.39 is 0 Å². The third-order valence-corrected chi connectivity index (χ3v) is 3.12. The van der Waals surface area contributed by atoms with Gasteiger partial charge in [-0.3, -0.25) is 0 Å². The van der Waals surface area contributed by atoms with Crippen LogP contribution in [0.4, 0.5) is 5.82 Å². The van der Waals surface area contributed by atoms with Crippen molar-refractivity contribution in [1.82, 2.24) is 9.97 Å². The van der Waals surface area contributed by atoms with Crippen LogP contribution in [0.25, 0.3) is 0 Å². The first-order valence-electron chi connectivity index (χ1n) is 6.07. The Kier molecular flexibility index (Phi) is 4.09. The van der Waals surface area contributed by atoms with Crippen LogP contribution in [0.15, 0.2) is 30.3 Å². The van der Waals surface area contributed by atoms with Gasteiger partial charge in [0.25, 0.3) is 0 Å². The van der Waals surface area contributed by atoms with E-state index in [2.05, 4.69) is 15.4 Å². The molecule has 1 atom stereocenters. The molecule has 19 heavy (non-hydrogen) atoms. The highest BCUT2D eigenvalue weighted by molar-refractivity contribution is 5.45. The monoisotopic (exact) mass is 258 g/mol. The Hall–Kier alpha value is -1.98. The number of benzene rings is 1. The molecule has 1 aromatic heterocycles. The summed E-state index contributed by atoms with van der Waals surface area (Å²) in [4.78, 5) is 8.92. The zero-order valence-corrected chi connectivity index (χ0v) is 11.3. The van der Waals surface area contributed by atoms with Crippen molar-refractivity contribution >= 4 is 5.82 Å². The number of ether oxygens (including phenoxy) is 1. The van der Waals surface area contributed by atoms with Crippen molar-refractivity contribution in [2.75, 3.05) is 12.5 Å². The third-order valence-electron chi connectivity index (χ3n) is 3.12. The third kappa shape index (κ3) is 2.72. The van der Waals surface area contributed by atoms with Gasteiger partial charge >= 0.3 is 0 Å². The van der Waals surface area contributed by atoms with E-state index in [1.807, 2.05) is 44.2 Å². The molecule has 0 radical (unpaired) electrons. The summed E-state index contributed by atoms with van der Waals surface area (Å²) in [6.45, 7) is 3.86. The quantitative estimate of drug-likeness (QED) is 0.649. The summed E-state index contributed by atoms with van der Waals surface area (Å²) < 4.78 is 5.52. The molecule has 0 saturated carbocycles. The lowest BCUT2D eigenvalue weighted by Crippen LogP contribution is -2.16. The molecule has 100 valence electrons. The Morgan fingerprint density at radius 2 is 1.84 bits per heavy atom. The number of aryl methyl sites for hydroxylation is 1. The predicted octanol–water partition coefficient (Wildman–Crippen LogP) is 2.11. The van der Waals surface area contributed by atoms with Crippen LogP contribution in [-0.2, 0) is 4.74 Å². The van der Waals surface area contributed by atoms with Crippen LogP contribution in [0.3, 0.4) is 0 Å². The molecule has 2 rings (SSSR count). The number of nitrogens with one attached hydrogen (secondary N) is 1. The fourth-order valence-electron chi connectivity index (χ4n) is 1.93. The van der Waals surface area contributed by atoms with Crippen LogP contribution in [0, 0.1) is 13.8 Å². The number of methoxy groups -OCH3 is 1. The van der Waals surface area contributed by atoms with Crippen LogP contribution < -0.4 is 11.3 Å². The van der Waals surface area contributed by atoms with Gasteiger partial charge in [0.2, 0.25) is 0 Å². The smallest absolute Gasteiger partial charge is 0.164 e. The van der Waals surface area contributed by atoms with Gasteiger partial charge in [-0.05, 0) is 19.4 Å². The lowest BCUT2D eigenvalue weighted by molar-refractivity contribution is 0.129. The van der Waals surface area contributed by atoms with Gasteiger partial charge in [0, 0.05) is 18.4 Å². The molecule has 0 amide bonds. The van der Waals surface area contributed by atoms with Gasteiger partial charge in [0.05, 0.1) is 0 Å². The number of nitrogens with two attached hydrogens (primary N) is 1. The molecule has 0 aliphatic rings. The Balaban J connectivity index is 2.47. The molecule has 1 heterocycles. The molecule has 0 saturated heterocycles. The molecule has 0 bridgehead atoms. The van der Waals surface area contributed by atoms with Gasteiger partial charge in [-0.15, -0.1) is 0 Å². The van der Waals surface area contributed by atoms with E-state index in [4.69, 9.17) is 10.6 Å². The van der Waals surface area contributed by atoms with Gasteiger partial charge in [-0.25, -0.2) is 15.8 Å². The first kappa shape index (κ1) is 13.5. The van der Waals surface area contributed by atoms with E-state index in [1.54, 1.807) is 7.11 Å². The van der Waals surface area contributed by atoms with Crippen molar-refractivity contribution in [3.05, 3.63) is 53.0 Å². The first-order chi connectivity index (χ1) is 9.17. The molecule has 2 aromatic rings. The van der Waals surface area contributed by atoms with Crippen LogP contribution in [0.5, 0.6) is 0 Å². The van der Waals surface area contributed by atoms with Crippen LogP contribution >= 0.6 is 0 Å². The van der Waals surface area contributed by atoms with Crippen LogP contribution in [0.2, 0.25) is 0 Å². The summed E-state index contributed by atoms with van der Waals surface area (Å²) in [5.74, 6) is 6.71. The second-order valence-corrected chi connectivity index (χ2v) is 4.31. The zero-order chi connectivity index (χ0) is 13.8. The Morgan fingerprint density at radius 1 is 1.16 bits per heavy atom. The maximum atomic E-state index is 5.52. The zero-order valence-electron chi connectivity index (χ0n) is 11.3. The predicted molar refractivity (Wildman–Crippen MR) is 74.6 cm³/mol. The maximum absolute atomic E-state index is 5.52. The number of nitrogens with zero attached hydrogens (tertiary/aromatic N) is 2. The number of hydrazine groups is 1. The highest BCUT2D eigenvalue weighted by Crippen LogP contribution is 2.25. The first-order valence-corrected chi connectivity index (χ1v) is 6.07. The summed E-state index contributed by atoms with van der Waals surface area (Å²) in [5.41, 5.74) is 5.43. The minimum Gasteiger partial charge on any atom is -0.369 e. The lowest BCUT2D eigenvalue weighted by atomic mass is 10.1. The second-order valence-electron chi connectivity index (χ2n) is 4.31. The average Bonchev–Trinajstić information content (AvgIpc) is 2.44. The van der Waals surface area contributed by atoms with E-state index >= 15 is 0 Å². The number of nitrogen functional groups attached to an aromatic ring is 1. The molecule has 5 nitrogen and oxygen atoms in total. The summed E-state index contributed by atoms with van der Waals surface area (Å²) in [6.07, 6.45) is -0.299. The molecule has 0 aliphatic carbocycles. The number of hydrogen-bond acceptors (Lipinski definition) is 5. The average molecular weight is 258 g/mol. The number of aromatic nitrogens is 2. The second kappa shape index (κ2) is 5.77. The SMILES string of the molecule is COC(c1ccccc1)c1nc(C)c(C)c(NN)n1. The fourth-order valence-corrected chi connectivity index (χ4v) is 1.93. The standard InChI is InChI=1S/C14H18N4O/c1-9-10(2)16-14(17-13(9)18-15)12(19-3)11-7-5-4-6-8-11/h4-8,12H,15H2,1-3H3,(H,16,17,18). The summed E-state index contributed by atoms with van der Waals surface area (Å²) in [5, 5.41) is 0. The fraction of sp³-hybridized carbons (Fsp3) is 0.286. The number of hydrogen-bond donors (Lipinski definition) is 2. The van der Waals surface area contributed by atoms with Gasteiger partial charge < -0.3 is 10.2 Å². The van der Waals surface area contributed by atoms with Crippen molar-refractivity contribution in [3.63, 3.8) is 0 Å². The van der Waals surface area contributed by atoms with Crippen molar-refractivity contribution < 1.29 is 4.74 Å². The van der Waals surface area contributed by atoms with Crippen molar-refractivity contribution in [3.8, 4) is 0 Å². The van der Waals surface area contributed by atoms with E-state index in [0.717, 1.165) is 16.8 Å². The number of anilines is 1. The summed E-state index contributed by atoms with van der Waals surface area (Å²) in [7, 11) is 1.64. The minimum absolute atomic E-state index is 0.299. The maximum Gasteiger partial charge on any atom is 0.164 e. The van der Waals surface area contributed by atoms with Gasteiger partial charge in [-0.2, -0.15) is 0 Å². The highest BCUT2D eigenvalue weighted by atomic mass is 16.5. The molecule has 3 N–H and O–H groups in total. The van der Waals surface area contributed by atoms with E-state index in [1.165, 1.54) is 0 Å². The summed E-state index contributed by atoms with van der Waals surface area (Å²) in [6, 6.07) is 9.86. The molecular formula is C14H18N4O. The Bertz CT molecular complexity index is 557. The lowest BCUT2D eigenvalue weighted by Gasteiger charge is -2.17.